The summed E-state index contributed by atoms with van der Waals surface area (Å²) < 4.78 is 6.71. The Hall–Kier alpha value is -0.260. The quantitative estimate of drug-likeness (QED) is 0.273. The molecule has 1 aliphatic rings. The van der Waals surface area contributed by atoms with Crippen molar-refractivity contribution in [1.82, 2.24) is 9.84 Å². The molecule has 0 aromatic heterocycles. The SMILES string of the molecule is CN(NC=O)SOC1CC1. The lowest BCUT2D eigenvalue weighted by Crippen LogP contribution is -2.26. The average molecular weight is 162 g/mol. The standard InChI is InChI=1S/C5H10N2O2S/c1-7(6-4-8)10-9-5-2-3-5/h4-5H,2-3H2,1H3,(H,6,8). The number of carbonyl (C=O) groups is 1. The highest BCUT2D eigenvalue weighted by atomic mass is 32.2. The van der Waals surface area contributed by atoms with Gasteiger partial charge in [0.05, 0.1) is 6.10 Å². The van der Waals surface area contributed by atoms with E-state index in [4.69, 9.17) is 4.18 Å². The van der Waals surface area contributed by atoms with Gasteiger partial charge in [-0.1, -0.05) is 0 Å². The highest BCUT2D eigenvalue weighted by Crippen LogP contribution is 2.28. The minimum atomic E-state index is 0.404. The van der Waals surface area contributed by atoms with E-state index in [-0.39, 0.29) is 0 Å². The number of rotatable bonds is 5. The highest BCUT2D eigenvalue weighted by molar-refractivity contribution is 7.92. The summed E-state index contributed by atoms with van der Waals surface area (Å²) in [6, 6.07) is 0. The van der Waals surface area contributed by atoms with Crippen LogP contribution in [0, 0.1) is 0 Å². The fraction of sp³-hybridized carbons (Fsp3) is 0.800. The summed E-state index contributed by atoms with van der Waals surface area (Å²) in [4.78, 5) is 9.85. The fourth-order valence-corrected chi connectivity index (χ4v) is 0.915. The second kappa shape index (κ2) is 3.80. The van der Waals surface area contributed by atoms with Gasteiger partial charge in [0, 0.05) is 7.05 Å². The number of hydrogen-bond acceptors (Lipinski definition) is 4. The number of hydrazine groups is 1. The number of nitrogens with zero attached hydrogens (tertiary/aromatic N) is 1. The lowest BCUT2D eigenvalue weighted by Gasteiger charge is -2.10. The lowest BCUT2D eigenvalue weighted by atomic mass is 10.9. The van der Waals surface area contributed by atoms with E-state index in [2.05, 4.69) is 5.43 Å². The van der Waals surface area contributed by atoms with Crippen molar-refractivity contribution < 1.29 is 8.98 Å². The predicted octanol–water partition coefficient (Wildman–Crippen LogP) is 0.321. The molecule has 0 unspecified atom stereocenters. The molecular weight excluding hydrogens is 152 g/mol. The van der Waals surface area contributed by atoms with Gasteiger partial charge in [-0.25, -0.2) is 0 Å². The molecule has 0 radical (unpaired) electrons. The van der Waals surface area contributed by atoms with Crippen LogP contribution in [-0.4, -0.2) is 24.0 Å². The normalized spacial score (nSPS) is 17.4. The third-order valence-corrected chi connectivity index (χ3v) is 1.74. The molecule has 1 aliphatic carbocycles. The molecule has 1 saturated carbocycles. The Kier molecular flexibility index (Phi) is 2.98. The maximum Gasteiger partial charge on any atom is 0.222 e. The van der Waals surface area contributed by atoms with E-state index in [0.717, 1.165) is 25.1 Å². The van der Waals surface area contributed by atoms with E-state index in [0.29, 0.717) is 12.5 Å². The molecule has 1 amide bonds. The van der Waals surface area contributed by atoms with Crippen LogP contribution < -0.4 is 5.43 Å². The topological polar surface area (TPSA) is 41.6 Å². The molecule has 58 valence electrons. The zero-order valence-corrected chi connectivity index (χ0v) is 6.56. The van der Waals surface area contributed by atoms with Gasteiger partial charge in [0.25, 0.3) is 0 Å². The molecule has 0 spiro atoms. The summed E-state index contributed by atoms with van der Waals surface area (Å²) in [5, 5.41) is 0. The molecule has 1 rings (SSSR count). The molecule has 4 nitrogen and oxygen atoms in total. The van der Waals surface area contributed by atoms with Crippen LogP contribution in [0.2, 0.25) is 0 Å². The van der Waals surface area contributed by atoms with Crippen LogP contribution in [0.15, 0.2) is 0 Å². The molecule has 10 heavy (non-hydrogen) atoms. The van der Waals surface area contributed by atoms with Crippen molar-refractivity contribution in [1.29, 1.82) is 0 Å². The van der Waals surface area contributed by atoms with E-state index in [1.165, 1.54) is 4.41 Å². The summed E-state index contributed by atoms with van der Waals surface area (Å²) >= 11 is 1.16. The zero-order chi connectivity index (χ0) is 7.40. The molecule has 0 aliphatic heterocycles. The lowest BCUT2D eigenvalue weighted by molar-refractivity contribution is -0.111. The number of amides is 1. The first-order valence-electron chi connectivity index (χ1n) is 3.10. The van der Waals surface area contributed by atoms with Gasteiger partial charge in [0.15, 0.2) is 0 Å². The van der Waals surface area contributed by atoms with E-state index in [1.807, 2.05) is 0 Å². The van der Waals surface area contributed by atoms with Crippen LogP contribution in [0.4, 0.5) is 0 Å². The van der Waals surface area contributed by atoms with Gasteiger partial charge in [0.1, 0.15) is 12.2 Å². The van der Waals surface area contributed by atoms with Crippen molar-refractivity contribution in [2.45, 2.75) is 18.9 Å². The Morgan fingerprint density at radius 1 is 1.80 bits per heavy atom. The molecular formula is C5H10N2O2S. The summed E-state index contributed by atoms with van der Waals surface area (Å²) in [7, 11) is 1.72. The first-order chi connectivity index (χ1) is 4.83. The first kappa shape index (κ1) is 7.84. The van der Waals surface area contributed by atoms with Gasteiger partial charge in [0.2, 0.25) is 6.41 Å². The summed E-state index contributed by atoms with van der Waals surface area (Å²) in [6.45, 7) is 0. The number of hydrogen-bond donors (Lipinski definition) is 1. The summed E-state index contributed by atoms with van der Waals surface area (Å²) in [6.07, 6.45) is 3.30. The Bertz CT molecular complexity index is 118. The molecule has 0 bridgehead atoms. The Labute approximate surface area is 64.2 Å². The van der Waals surface area contributed by atoms with E-state index >= 15 is 0 Å². The maximum absolute atomic E-state index is 9.85. The van der Waals surface area contributed by atoms with E-state index in [1.54, 1.807) is 7.05 Å². The molecule has 1 N–H and O–H groups in total. The van der Waals surface area contributed by atoms with Gasteiger partial charge in [-0.2, -0.15) is 0 Å². The minimum Gasteiger partial charge on any atom is -0.297 e. The maximum atomic E-state index is 9.85. The Morgan fingerprint density at radius 2 is 2.50 bits per heavy atom. The van der Waals surface area contributed by atoms with Crippen LogP contribution in [0.1, 0.15) is 12.8 Å². The predicted molar refractivity (Wildman–Crippen MR) is 38.7 cm³/mol. The average Bonchev–Trinajstić information content (AvgIpc) is 2.67. The van der Waals surface area contributed by atoms with Crippen molar-refractivity contribution in [2.75, 3.05) is 7.05 Å². The van der Waals surface area contributed by atoms with Gasteiger partial charge in [-0.15, -0.1) is 4.41 Å². The summed E-state index contributed by atoms with van der Waals surface area (Å²) in [5.74, 6) is 0. The fourth-order valence-electron chi connectivity index (χ4n) is 0.385. The number of carbonyl (C=O) groups excluding carboxylic acids is 1. The van der Waals surface area contributed by atoms with E-state index in [9.17, 15) is 4.79 Å². The van der Waals surface area contributed by atoms with Crippen molar-refractivity contribution in [3.63, 3.8) is 0 Å². The van der Waals surface area contributed by atoms with Crippen molar-refractivity contribution in [3.05, 3.63) is 0 Å². The highest BCUT2D eigenvalue weighted by Gasteiger charge is 2.23. The number of nitrogens with one attached hydrogen (secondary N) is 1. The molecule has 0 heterocycles. The van der Waals surface area contributed by atoms with Gasteiger partial charge in [-0.3, -0.25) is 14.4 Å². The largest absolute Gasteiger partial charge is 0.297 e. The van der Waals surface area contributed by atoms with Crippen LogP contribution in [0.3, 0.4) is 0 Å². The van der Waals surface area contributed by atoms with Crippen LogP contribution in [0.5, 0.6) is 0 Å². The second-order valence-corrected chi connectivity index (χ2v) is 3.00. The van der Waals surface area contributed by atoms with Crippen LogP contribution >= 0.6 is 12.2 Å². The molecule has 5 heteroatoms. The third kappa shape index (κ3) is 3.05. The monoisotopic (exact) mass is 162 g/mol. The van der Waals surface area contributed by atoms with Crippen molar-refractivity contribution >= 4 is 18.6 Å². The van der Waals surface area contributed by atoms with Gasteiger partial charge >= 0.3 is 0 Å². The minimum absolute atomic E-state index is 0.404. The van der Waals surface area contributed by atoms with Gasteiger partial charge < -0.3 is 0 Å². The van der Waals surface area contributed by atoms with E-state index < -0.39 is 0 Å². The van der Waals surface area contributed by atoms with Crippen molar-refractivity contribution in [3.8, 4) is 0 Å². The first-order valence-corrected chi connectivity index (χ1v) is 3.80. The smallest absolute Gasteiger partial charge is 0.222 e. The zero-order valence-electron chi connectivity index (χ0n) is 5.74. The summed E-state index contributed by atoms with van der Waals surface area (Å²) in [5.41, 5.74) is 2.42. The van der Waals surface area contributed by atoms with Crippen LogP contribution in [-0.2, 0) is 8.98 Å². The molecule has 0 atom stereocenters. The molecule has 1 fully saturated rings. The molecule has 0 saturated heterocycles. The third-order valence-electron chi connectivity index (χ3n) is 1.05. The Morgan fingerprint density at radius 3 is 3.00 bits per heavy atom. The Balaban J connectivity index is 1.93. The van der Waals surface area contributed by atoms with Crippen molar-refractivity contribution in [2.24, 2.45) is 0 Å². The van der Waals surface area contributed by atoms with Crippen LogP contribution in [0.25, 0.3) is 0 Å². The van der Waals surface area contributed by atoms with Gasteiger partial charge in [-0.05, 0) is 12.8 Å². The second-order valence-electron chi connectivity index (χ2n) is 2.11. The molecule has 0 aromatic rings. The molecule has 0 aromatic carbocycles.